The van der Waals surface area contributed by atoms with E-state index < -0.39 is 28.5 Å². The van der Waals surface area contributed by atoms with Gasteiger partial charge in [-0.15, -0.1) is 0 Å². The summed E-state index contributed by atoms with van der Waals surface area (Å²) in [5.41, 5.74) is 1.00. The first-order chi connectivity index (χ1) is 20.7. The van der Waals surface area contributed by atoms with Crippen LogP contribution in [0.4, 0.5) is 5.69 Å². The van der Waals surface area contributed by atoms with Crippen LogP contribution in [0.15, 0.2) is 77.7 Å². The average molecular weight is 610 g/mol. The summed E-state index contributed by atoms with van der Waals surface area (Å²) in [5.74, 6) is 0.708. The first-order valence-electron chi connectivity index (χ1n) is 14.4. The predicted octanol–water partition coefficient (Wildman–Crippen LogP) is 4.38. The molecule has 4 rings (SSSR count). The topological polar surface area (TPSA) is 114 Å². The summed E-state index contributed by atoms with van der Waals surface area (Å²) in [6.07, 6.45) is 1.06. The lowest BCUT2D eigenvalue weighted by molar-refractivity contribution is -0.140. The molecule has 1 N–H and O–H groups in total. The molecule has 1 aliphatic heterocycles. The lowest BCUT2D eigenvalue weighted by Gasteiger charge is -2.34. The average Bonchev–Trinajstić information content (AvgIpc) is 3.03. The lowest BCUT2D eigenvalue weighted by Crippen LogP contribution is -2.53. The Morgan fingerprint density at radius 3 is 2.23 bits per heavy atom. The summed E-state index contributed by atoms with van der Waals surface area (Å²) in [5, 5.41) is 2.98. The number of carbonyl (C=O) groups excluding carboxylic acids is 2. The van der Waals surface area contributed by atoms with Gasteiger partial charge in [0.2, 0.25) is 11.8 Å². The van der Waals surface area contributed by atoms with E-state index in [9.17, 15) is 18.0 Å². The molecule has 230 valence electrons. The molecule has 3 aromatic rings. The van der Waals surface area contributed by atoms with E-state index in [1.807, 2.05) is 32.9 Å². The molecule has 2 atom stereocenters. The normalized spacial score (nSPS) is 13.9. The van der Waals surface area contributed by atoms with Crippen molar-refractivity contribution < 1.29 is 32.2 Å². The highest BCUT2D eigenvalue weighted by Crippen LogP contribution is 2.36. The second-order valence-electron chi connectivity index (χ2n) is 10.3. The Bertz CT molecular complexity index is 1500. The number of hydrogen-bond acceptors (Lipinski definition) is 7. The number of amides is 2. The minimum atomic E-state index is -4.19. The van der Waals surface area contributed by atoms with Crippen LogP contribution >= 0.6 is 0 Å². The molecule has 0 unspecified atom stereocenters. The SMILES string of the molecule is CC[C@H](C(=O)N[C@@H](C)CC)N(Cc1ccc(OC)cc1)C(=O)CN(c1ccc2c(c1)OCCO2)S(=O)(=O)c1ccccc1. The number of anilines is 1. The number of benzene rings is 3. The van der Waals surface area contributed by atoms with Gasteiger partial charge >= 0.3 is 0 Å². The van der Waals surface area contributed by atoms with Gasteiger partial charge in [0.25, 0.3) is 10.0 Å². The van der Waals surface area contributed by atoms with E-state index in [0.29, 0.717) is 36.9 Å². The number of methoxy groups -OCH3 is 1. The van der Waals surface area contributed by atoms with E-state index in [1.54, 1.807) is 55.6 Å². The van der Waals surface area contributed by atoms with Gasteiger partial charge in [-0.25, -0.2) is 8.42 Å². The summed E-state index contributed by atoms with van der Waals surface area (Å²) in [6.45, 7) is 5.95. The predicted molar refractivity (Wildman–Crippen MR) is 164 cm³/mol. The molecule has 0 aromatic heterocycles. The Kier molecular flexibility index (Phi) is 10.5. The van der Waals surface area contributed by atoms with Gasteiger partial charge in [0, 0.05) is 18.7 Å². The van der Waals surface area contributed by atoms with Crippen molar-refractivity contribution in [3.8, 4) is 17.2 Å². The van der Waals surface area contributed by atoms with E-state index in [-0.39, 0.29) is 29.1 Å². The maximum absolute atomic E-state index is 14.2. The van der Waals surface area contributed by atoms with E-state index in [0.717, 1.165) is 16.3 Å². The summed E-state index contributed by atoms with van der Waals surface area (Å²) >= 11 is 0. The van der Waals surface area contributed by atoms with Gasteiger partial charge in [-0.1, -0.05) is 44.2 Å². The smallest absolute Gasteiger partial charge is 0.264 e. The second kappa shape index (κ2) is 14.3. The molecule has 10 nitrogen and oxygen atoms in total. The first-order valence-corrected chi connectivity index (χ1v) is 15.8. The zero-order chi connectivity index (χ0) is 31.0. The van der Waals surface area contributed by atoms with Crippen molar-refractivity contribution in [2.45, 2.75) is 57.1 Å². The van der Waals surface area contributed by atoms with Crippen molar-refractivity contribution in [1.82, 2.24) is 10.2 Å². The Hall–Kier alpha value is -4.25. The molecular weight excluding hydrogens is 570 g/mol. The number of sulfonamides is 1. The van der Waals surface area contributed by atoms with E-state index >= 15 is 0 Å². The van der Waals surface area contributed by atoms with Crippen LogP contribution in [0.5, 0.6) is 17.2 Å². The Balaban J connectivity index is 1.74. The highest BCUT2D eigenvalue weighted by Gasteiger charge is 2.34. The van der Waals surface area contributed by atoms with Crippen LogP contribution in [0, 0.1) is 0 Å². The second-order valence-corrected chi connectivity index (χ2v) is 12.1. The number of nitrogens with zero attached hydrogens (tertiary/aromatic N) is 2. The highest BCUT2D eigenvalue weighted by atomic mass is 32.2. The van der Waals surface area contributed by atoms with Gasteiger partial charge in [0.05, 0.1) is 17.7 Å². The quantitative estimate of drug-likeness (QED) is 0.306. The van der Waals surface area contributed by atoms with Crippen molar-refractivity contribution in [3.63, 3.8) is 0 Å². The van der Waals surface area contributed by atoms with Crippen LogP contribution < -0.4 is 23.8 Å². The van der Waals surface area contributed by atoms with Crippen molar-refractivity contribution >= 4 is 27.5 Å². The molecule has 2 amide bonds. The Morgan fingerprint density at radius 2 is 1.60 bits per heavy atom. The minimum absolute atomic E-state index is 0.0287. The third-order valence-electron chi connectivity index (χ3n) is 7.32. The molecule has 0 aliphatic carbocycles. The zero-order valence-electron chi connectivity index (χ0n) is 25.0. The number of fused-ring (bicyclic) bond motifs is 1. The first kappa shape index (κ1) is 31.7. The van der Waals surface area contributed by atoms with E-state index in [1.165, 1.54) is 17.0 Å². The minimum Gasteiger partial charge on any atom is -0.497 e. The summed E-state index contributed by atoms with van der Waals surface area (Å²) in [7, 11) is -2.63. The van der Waals surface area contributed by atoms with Crippen LogP contribution in [0.25, 0.3) is 0 Å². The van der Waals surface area contributed by atoms with Gasteiger partial charge < -0.3 is 24.4 Å². The Labute approximate surface area is 253 Å². The highest BCUT2D eigenvalue weighted by molar-refractivity contribution is 7.92. The summed E-state index contributed by atoms with van der Waals surface area (Å²) < 4.78 is 45.7. The zero-order valence-corrected chi connectivity index (χ0v) is 25.8. The van der Waals surface area contributed by atoms with E-state index in [2.05, 4.69) is 5.32 Å². The fraction of sp³-hybridized carbons (Fsp3) is 0.375. The molecule has 3 aromatic carbocycles. The van der Waals surface area contributed by atoms with Gasteiger partial charge in [-0.05, 0) is 61.7 Å². The van der Waals surface area contributed by atoms with Crippen molar-refractivity contribution in [2.75, 3.05) is 31.2 Å². The van der Waals surface area contributed by atoms with Crippen molar-refractivity contribution in [2.24, 2.45) is 0 Å². The molecule has 0 radical (unpaired) electrons. The number of hydrogen-bond donors (Lipinski definition) is 1. The maximum atomic E-state index is 14.2. The van der Waals surface area contributed by atoms with Gasteiger partial charge in [-0.3, -0.25) is 13.9 Å². The van der Waals surface area contributed by atoms with Gasteiger partial charge in [0.15, 0.2) is 11.5 Å². The van der Waals surface area contributed by atoms with Crippen LogP contribution in [0.1, 0.15) is 39.2 Å². The Morgan fingerprint density at radius 1 is 0.930 bits per heavy atom. The fourth-order valence-corrected chi connectivity index (χ4v) is 6.15. The van der Waals surface area contributed by atoms with Crippen LogP contribution in [-0.4, -0.2) is 64.1 Å². The number of nitrogens with one attached hydrogen (secondary N) is 1. The summed E-state index contributed by atoms with van der Waals surface area (Å²) in [4.78, 5) is 29.1. The molecule has 43 heavy (non-hydrogen) atoms. The molecule has 0 fully saturated rings. The standard InChI is InChI=1S/C32H39N3O7S/c1-5-23(3)33-32(37)28(6-2)34(21-24-12-15-26(40-4)16-13-24)31(36)22-35(43(38,39)27-10-8-7-9-11-27)25-14-17-29-30(20-25)42-19-18-41-29/h7-17,20,23,28H,5-6,18-19,21-22H2,1-4H3,(H,33,37)/t23-,28+/m0/s1. The van der Waals surface area contributed by atoms with Gasteiger partial charge in [-0.2, -0.15) is 0 Å². The number of ether oxygens (including phenoxy) is 3. The molecule has 11 heteroatoms. The lowest BCUT2D eigenvalue weighted by atomic mass is 10.1. The van der Waals surface area contributed by atoms with Gasteiger partial charge in [0.1, 0.15) is 31.5 Å². The maximum Gasteiger partial charge on any atom is 0.264 e. The third kappa shape index (κ3) is 7.59. The third-order valence-corrected chi connectivity index (χ3v) is 9.11. The molecular formula is C32H39N3O7S. The van der Waals surface area contributed by atoms with Crippen LogP contribution in [0.3, 0.4) is 0 Å². The molecule has 1 heterocycles. The fourth-order valence-electron chi connectivity index (χ4n) is 4.72. The molecule has 0 saturated heterocycles. The van der Waals surface area contributed by atoms with Crippen molar-refractivity contribution in [3.05, 3.63) is 78.4 Å². The van der Waals surface area contributed by atoms with E-state index in [4.69, 9.17) is 14.2 Å². The monoisotopic (exact) mass is 609 g/mol. The summed E-state index contributed by atoms with van der Waals surface area (Å²) in [6, 6.07) is 19.0. The van der Waals surface area contributed by atoms with Crippen LogP contribution in [0.2, 0.25) is 0 Å². The van der Waals surface area contributed by atoms with Crippen LogP contribution in [-0.2, 0) is 26.2 Å². The number of rotatable bonds is 13. The number of carbonyl (C=O) groups is 2. The molecule has 1 aliphatic rings. The molecule has 0 bridgehead atoms. The molecule has 0 spiro atoms. The largest absolute Gasteiger partial charge is 0.497 e. The molecule has 0 saturated carbocycles. The van der Waals surface area contributed by atoms with Crippen molar-refractivity contribution in [1.29, 1.82) is 0 Å².